The van der Waals surface area contributed by atoms with Gasteiger partial charge in [-0.15, -0.1) is 0 Å². The van der Waals surface area contributed by atoms with E-state index in [1.807, 2.05) is 42.5 Å². The second-order valence-corrected chi connectivity index (χ2v) is 7.12. The van der Waals surface area contributed by atoms with Crippen molar-refractivity contribution in [3.63, 3.8) is 0 Å². The van der Waals surface area contributed by atoms with E-state index in [9.17, 15) is 14.4 Å². The molecule has 1 aliphatic heterocycles. The third kappa shape index (κ3) is 4.17. The van der Waals surface area contributed by atoms with Crippen LogP contribution in [0.15, 0.2) is 66.7 Å². The van der Waals surface area contributed by atoms with Crippen LogP contribution in [0.5, 0.6) is 5.75 Å². The van der Waals surface area contributed by atoms with Crippen LogP contribution in [0, 0.1) is 0 Å². The number of hydrogen-bond donors (Lipinski definition) is 1. The first-order chi connectivity index (χ1) is 14.6. The van der Waals surface area contributed by atoms with E-state index >= 15 is 0 Å². The number of carbonyl (C=O) groups is 3. The second-order valence-electron chi connectivity index (χ2n) is 7.12. The maximum atomic E-state index is 12.3. The second kappa shape index (κ2) is 8.78. The van der Waals surface area contributed by atoms with Crippen molar-refractivity contribution in [1.82, 2.24) is 10.2 Å². The number of hydrogen-bond acceptors (Lipinski definition) is 4. The summed E-state index contributed by atoms with van der Waals surface area (Å²) in [6.45, 7) is 0.981. The zero-order valence-corrected chi connectivity index (χ0v) is 16.5. The van der Waals surface area contributed by atoms with Crippen molar-refractivity contribution in [3.05, 3.63) is 77.9 Å². The van der Waals surface area contributed by atoms with Crippen molar-refractivity contribution in [3.8, 4) is 5.75 Å². The molecule has 1 heterocycles. The highest BCUT2D eigenvalue weighted by Gasteiger charge is 2.34. The SMILES string of the molecule is O=C(CCCN1C(=O)c2ccccc2C1=O)NCCOc1ccc2ccccc2c1. The lowest BCUT2D eigenvalue weighted by Crippen LogP contribution is -2.32. The standard InChI is InChI=1S/C24H22N2O4/c27-22(10-5-14-26-23(28)20-8-3-4-9-21(20)24(26)29)25-13-15-30-19-12-11-17-6-1-2-7-18(17)16-19/h1-4,6-9,11-12,16H,5,10,13-15H2,(H,25,27). The first kappa shape index (κ1) is 19.6. The van der Waals surface area contributed by atoms with E-state index in [2.05, 4.69) is 5.32 Å². The van der Waals surface area contributed by atoms with E-state index in [1.54, 1.807) is 24.3 Å². The van der Waals surface area contributed by atoms with Crippen LogP contribution in [0.2, 0.25) is 0 Å². The first-order valence-corrected chi connectivity index (χ1v) is 9.97. The predicted molar refractivity (Wildman–Crippen MR) is 113 cm³/mol. The largest absolute Gasteiger partial charge is 0.492 e. The fourth-order valence-corrected chi connectivity index (χ4v) is 3.54. The smallest absolute Gasteiger partial charge is 0.261 e. The van der Waals surface area contributed by atoms with Crippen LogP contribution in [-0.2, 0) is 4.79 Å². The van der Waals surface area contributed by atoms with Crippen LogP contribution in [0.4, 0.5) is 0 Å². The Labute approximate surface area is 174 Å². The van der Waals surface area contributed by atoms with Crippen molar-refractivity contribution < 1.29 is 19.1 Å². The van der Waals surface area contributed by atoms with E-state index in [4.69, 9.17) is 4.74 Å². The van der Waals surface area contributed by atoms with Gasteiger partial charge >= 0.3 is 0 Å². The third-order valence-corrected chi connectivity index (χ3v) is 5.08. The summed E-state index contributed by atoms with van der Waals surface area (Å²) in [7, 11) is 0. The third-order valence-electron chi connectivity index (χ3n) is 5.08. The number of fused-ring (bicyclic) bond motifs is 2. The van der Waals surface area contributed by atoms with Crippen LogP contribution in [0.1, 0.15) is 33.6 Å². The van der Waals surface area contributed by atoms with E-state index in [0.29, 0.717) is 30.7 Å². The highest BCUT2D eigenvalue weighted by Crippen LogP contribution is 2.23. The number of ether oxygens (including phenoxy) is 1. The van der Waals surface area contributed by atoms with Crippen molar-refractivity contribution in [2.75, 3.05) is 19.7 Å². The average Bonchev–Trinajstić information content (AvgIpc) is 3.02. The summed E-state index contributed by atoms with van der Waals surface area (Å²) in [6, 6.07) is 20.7. The molecule has 4 rings (SSSR count). The first-order valence-electron chi connectivity index (χ1n) is 9.97. The normalized spacial score (nSPS) is 12.9. The van der Waals surface area contributed by atoms with E-state index in [1.165, 1.54) is 4.90 Å². The van der Waals surface area contributed by atoms with Gasteiger partial charge in [-0.25, -0.2) is 0 Å². The van der Waals surface area contributed by atoms with Gasteiger partial charge in [0.05, 0.1) is 17.7 Å². The molecular weight excluding hydrogens is 380 g/mol. The molecule has 0 atom stereocenters. The van der Waals surface area contributed by atoms with Gasteiger partial charge < -0.3 is 10.1 Å². The van der Waals surface area contributed by atoms with Crippen LogP contribution in [0.3, 0.4) is 0 Å². The molecule has 3 aromatic carbocycles. The molecule has 0 unspecified atom stereocenters. The fraction of sp³-hybridized carbons (Fsp3) is 0.208. The molecule has 30 heavy (non-hydrogen) atoms. The van der Waals surface area contributed by atoms with Gasteiger partial charge in [0.2, 0.25) is 5.91 Å². The molecule has 3 aromatic rings. The molecule has 6 nitrogen and oxygen atoms in total. The van der Waals surface area contributed by atoms with Gasteiger partial charge in [-0.2, -0.15) is 0 Å². The van der Waals surface area contributed by atoms with Gasteiger partial charge in [0.15, 0.2) is 0 Å². The Morgan fingerprint density at radius 2 is 1.53 bits per heavy atom. The number of imide groups is 1. The van der Waals surface area contributed by atoms with Gasteiger partial charge in [-0.3, -0.25) is 19.3 Å². The molecule has 1 aliphatic rings. The molecular formula is C24H22N2O4. The molecule has 0 radical (unpaired) electrons. The van der Waals surface area contributed by atoms with Crippen LogP contribution in [-0.4, -0.2) is 42.3 Å². The van der Waals surface area contributed by atoms with Gasteiger partial charge in [0.1, 0.15) is 12.4 Å². The summed E-state index contributed by atoms with van der Waals surface area (Å²) < 4.78 is 5.70. The predicted octanol–water partition coefficient (Wildman–Crippen LogP) is 3.41. The fourth-order valence-electron chi connectivity index (χ4n) is 3.54. The summed E-state index contributed by atoms with van der Waals surface area (Å²) in [5.41, 5.74) is 0.857. The maximum Gasteiger partial charge on any atom is 0.261 e. The minimum absolute atomic E-state index is 0.131. The topological polar surface area (TPSA) is 75.7 Å². The molecule has 0 aliphatic carbocycles. The molecule has 0 bridgehead atoms. The average molecular weight is 402 g/mol. The lowest BCUT2D eigenvalue weighted by molar-refractivity contribution is -0.121. The lowest BCUT2D eigenvalue weighted by Gasteiger charge is -2.13. The van der Waals surface area contributed by atoms with Gasteiger partial charge in [-0.1, -0.05) is 42.5 Å². The molecule has 152 valence electrons. The van der Waals surface area contributed by atoms with E-state index in [-0.39, 0.29) is 30.7 Å². The molecule has 0 fully saturated rings. The van der Waals surface area contributed by atoms with Gasteiger partial charge in [0, 0.05) is 13.0 Å². The molecule has 3 amide bonds. The quantitative estimate of drug-likeness (QED) is 0.463. The summed E-state index contributed by atoms with van der Waals surface area (Å²) in [4.78, 5) is 37.8. The molecule has 0 aromatic heterocycles. The molecule has 6 heteroatoms. The van der Waals surface area contributed by atoms with Gasteiger partial charge in [0.25, 0.3) is 11.8 Å². The zero-order valence-electron chi connectivity index (χ0n) is 16.5. The Hall–Kier alpha value is -3.67. The van der Waals surface area contributed by atoms with Crippen molar-refractivity contribution in [2.45, 2.75) is 12.8 Å². The maximum absolute atomic E-state index is 12.3. The van der Waals surface area contributed by atoms with Crippen molar-refractivity contribution in [2.24, 2.45) is 0 Å². The number of benzene rings is 3. The Balaban J connectivity index is 1.17. The molecule has 0 spiro atoms. The summed E-state index contributed by atoms with van der Waals surface area (Å²) in [5.74, 6) is 0.0434. The number of nitrogens with one attached hydrogen (secondary N) is 1. The Kier molecular flexibility index (Phi) is 5.75. The van der Waals surface area contributed by atoms with Crippen molar-refractivity contribution >= 4 is 28.5 Å². The van der Waals surface area contributed by atoms with Crippen molar-refractivity contribution in [1.29, 1.82) is 0 Å². The number of rotatable bonds is 8. The number of amides is 3. The number of nitrogens with zero attached hydrogens (tertiary/aromatic N) is 1. The monoisotopic (exact) mass is 402 g/mol. The highest BCUT2D eigenvalue weighted by molar-refractivity contribution is 6.21. The molecule has 0 saturated carbocycles. The van der Waals surface area contributed by atoms with E-state index in [0.717, 1.165) is 16.5 Å². The van der Waals surface area contributed by atoms with Crippen LogP contribution in [0.25, 0.3) is 10.8 Å². The lowest BCUT2D eigenvalue weighted by atomic mass is 10.1. The Bertz CT molecular complexity index is 1070. The summed E-state index contributed by atoms with van der Waals surface area (Å²) >= 11 is 0. The minimum atomic E-state index is -0.292. The van der Waals surface area contributed by atoms with Gasteiger partial charge in [-0.05, 0) is 41.5 Å². The minimum Gasteiger partial charge on any atom is -0.492 e. The Morgan fingerprint density at radius 1 is 0.867 bits per heavy atom. The molecule has 1 N–H and O–H groups in total. The zero-order chi connectivity index (χ0) is 20.9. The Morgan fingerprint density at radius 3 is 2.27 bits per heavy atom. The van der Waals surface area contributed by atoms with Crippen LogP contribution >= 0.6 is 0 Å². The van der Waals surface area contributed by atoms with Crippen LogP contribution < -0.4 is 10.1 Å². The highest BCUT2D eigenvalue weighted by atomic mass is 16.5. The van der Waals surface area contributed by atoms with E-state index < -0.39 is 0 Å². The summed E-state index contributed by atoms with van der Waals surface area (Å²) in [5, 5.41) is 5.06. The molecule has 0 saturated heterocycles. The summed E-state index contributed by atoms with van der Waals surface area (Å²) in [6.07, 6.45) is 0.659. The number of carbonyl (C=O) groups excluding carboxylic acids is 3.